The van der Waals surface area contributed by atoms with Crippen molar-refractivity contribution in [2.75, 3.05) is 6.54 Å². The maximum Gasteiger partial charge on any atom is 0.330 e. The molecule has 0 saturated carbocycles. The van der Waals surface area contributed by atoms with Crippen molar-refractivity contribution in [1.29, 1.82) is 5.41 Å². The quantitative estimate of drug-likeness (QED) is 0.0501. The number of guanidine groups is 1. The first-order valence-electron chi connectivity index (χ1n) is 13.5. The van der Waals surface area contributed by atoms with Gasteiger partial charge in [0.05, 0.1) is 0 Å². The number of rotatable bonds is 23. The fraction of sp³-hybridized carbons (Fsp3) is 0.885. The zero-order valence-corrected chi connectivity index (χ0v) is 21.3. The highest BCUT2D eigenvalue weighted by atomic mass is 16.6. The number of hydrogen-bond donors (Lipinski definition) is 4. The van der Waals surface area contributed by atoms with Crippen molar-refractivity contribution in [2.24, 2.45) is 11.5 Å². The van der Waals surface area contributed by atoms with Crippen molar-refractivity contribution < 1.29 is 14.3 Å². The molecule has 0 aromatic heterocycles. The first-order valence-corrected chi connectivity index (χ1v) is 13.5. The summed E-state index contributed by atoms with van der Waals surface area (Å²) in [6.07, 6.45) is 23.2. The normalized spacial score (nSPS) is 11.8. The number of carbonyl (C=O) groups excluding carboxylic acids is 2. The Morgan fingerprint density at radius 1 is 0.758 bits per heavy atom. The first-order chi connectivity index (χ1) is 16.0. The highest BCUT2D eigenvalue weighted by Crippen LogP contribution is 2.14. The average molecular weight is 469 g/mol. The number of esters is 2. The van der Waals surface area contributed by atoms with Gasteiger partial charge in [0.2, 0.25) is 0 Å². The van der Waals surface area contributed by atoms with Crippen molar-refractivity contribution in [1.82, 2.24) is 5.32 Å². The van der Waals surface area contributed by atoms with E-state index in [2.05, 4.69) is 12.2 Å². The Hall–Kier alpha value is -1.63. The van der Waals surface area contributed by atoms with E-state index in [1.807, 2.05) is 0 Å². The van der Waals surface area contributed by atoms with Gasteiger partial charge in [-0.3, -0.25) is 10.2 Å². The third kappa shape index (κ3) is 23.3. The van der Waals surface area contributed by atoms with Gasteiger partial charge in [-0.05, 0) is 19.3 Å². The van der Waals surface area contributed by atoms with Crippen LogP contribution in [0.25, 0.3) is 0 Å². The molecule has 1 atom stereocenters. The predicted molar refractivity (Wildman–Crippen MR) is 137 cm³/mol. The minimum atomic E-state index is -0.821. The molecule has 33 heavy (non-hydrogen) atoms. The topological polar surface area (TPSA) is 131 Å². The number of carbonyl (C=O) groups is 2. The molecule has 0 heterocycles. The molecule has 0 amide bonds. The number of nitrogens with two attached hydrogens (primary N) is 2. The van der Waals surface area contributed by atoms with Crippen molar-refractivity contribution in [3.05, 3.63) is 0 Å². The Labute approximate surface area is 202 Å². The van der Waals surface area contributed by atoms with Crippen molar-refractivity contribution in [2.45, 2.75) is 141 Å². The Morgan fingerprint density at radius 3 is 1.61 bits per heavy atom. The Bertz CT molecular complexity index is 500. The molecule has 0 aromatic rings. The van der Waals surface area contributed by atoms with Gasteiger partial charge in [-0.25, -0.2) is 4.79 Å². The molecule has 0 saturated heterocycles. The molecule has 7 heteroatoms. The lowest BCUT2D eigenvalue weighted by Gasteiger charge is -2.10. The van der Waals surface area contributed by atoms with Gasteiger partial charge in [0.15, 0.2) is 5.96 Å². The van der Waals surface area contributed by atoms with Gasteiger partial charge in [-0.2, -0.15) is 0 Å². The van der Waals surface area contributed by atoms with E-state index in [1.54, 1.807) is 0 Å². The van der Waals surface area contributed by atoms with Crippen LogP contribution in [0, 0.1) is 5.41 Å². The summed E-state index contributed by atoms with van der Waals surface area (Å²) in [6, 6.07) is -0.821. The molecule has 0 fully saturated rings. The summed E-state index contributed by atoms with van der Waals surface area (Å²) in [6.45, 7) is 2.73. The van der Waals surface area contributed by atoms with E-state index in [4.69, 9.17) is 21.6 Å². The van der Waals surface area contributed by atoms with Crippen LogP contribution < -0.4 is 16.8 Å². The maximum atomic E-state index is 11.8. The highest BCUT2D eigenvalue weighted by molar-refractivity contribution is 5.88. The molecule has 0 rings (SSSR count). The zero-order chi connectivity index (χ0) is 24.6. The molecular formula is C26H52N4O3. The van der Waals surface area contributed by atoms with Gasteiger partial charge in [0.1, 0.15) is 6.04 Å². The zero-order valence-electron chi connectivity index (χ0n) is 21.3. The molecule has 0 aliphatic heterocycles. The minimum absolute atomic E-state index is 0.115. The van der Waals surface area contributed by atoms with Crippen molar-refractivity contribution in [3.8, 4) is 0 Å². The number of ether oxygens (including phenoxy) is 1. The van der Waals surface area contributed by atoms with Crippen LogP contribution in [-0.4, -0.2) is 30.5 Å². The molecule has 0 aliphatic rings. The molecular weight excluding hydrogens is 416 g/mol. The van der Waals surface area contributed by atoms with Gasteiger partial charge in [0.25, 0.3) is 0 Å². The van der Waals surface area contributed by atoms with E-state index in [-0.39, 0.29) is 12.4 Å². The predicted octanol–water partition coefficient (Wildman–Crippen LogP) is 5.69. The van der Waals surface area contributed by atoms with E-state index in [0.717, 1.165) is 19.3 Å². The molecule has 0 unspecified atom stereocenters. The van der Waals surface area contributed by atoms with Crippen LogP contribution in [0.15, 0.2) is 0 Å². The van der Waals surface area contributed by atoms with E-state index in [0.29, 0.717) is 19.4 Å². The Morgan fingerprint density at radius 2 is 1.18 bits per heavy atom. The fourth-order valence-electron chi connectivity index (χ4n) is 3.90. The molecule has 0 aromatic carbocycles. The fourth-order valence-corrected chi connectivity index (χ4v) is 3.90. The second kappa shape index (κ2) is 23.5. The number of nitrogens with one attached hydrogen (secondary N) is 2. The lowest BCUT2D eigenvalue weighted by molar-refractivity contribution is -0.160. The highest BCUT2D eigenvalue weighted by Gasteiger charge is 2.18. The smallest absolute Gasteiger partial charge is 0.330 e. The lowest BCUT2D eigenvalue weighted by atomic mass is 10.0. The lowest BCUT2D eigenvalue weighted by Crippen LogP contribution is -2.36. The van der Waals surface area contributed by atoms with Gasteiger partial charge in [0, 0.05) is 13.0 Å². The molecule has 0 aliphatic carbocycles. The second-order valence-corrected chi connectivity index (χ2v) is 9.29. The van der Waals surface area contributed by atoms with Crippen LogP contribution in [0.4, 0.5) is 0 Å². The van der Waals surface area contributed by atoms with E-state index in [1.165, 1.54) is 89.9 Å². The van der Waals surface area contributed by atoms with Crippen molar-refractivity contribution >= 4 is 17.9 Å². The average Bonchev–Trinajstić information content (AvgIpc) is 2.78. The molecule has 7 nitrogen and oxygen atoms in total. The summed E-state index contributed by atoms with van der Waals surface area (Å²) in [5.41, 5.74) is 10.9. The molecule has 6 N–H and O–H groups in total. The molecule has 194 valence electrons. The van der Waals surface area contributed by atoms with Crippen LogP contribution in [0.1, 0.15) is 135 Å². The van der Waals surface area contributed by atoms with Crippen LogP contribution in [-0.2, 0) is 14.3 Å². The summed E-state index contributed by atoms with van der Waals surface area (Å²) < 4.78 is 4.83. The largest absolute Gasteiger partial charge is 0.392 e. The Balaban J connectivity index is 3.38. The molecule has 0 radical (unpaired) electrons. The summed E-state index contributed by atoms with van der Waals surface area (Å²) in [5, 5.41) is 9.69. The third-order valence-corrected chi connectivity index (χ3v) is 6.01. The van der Waals surface area contributed by atoms with Crippen LogP contribution >= 0.6 is 0 Å². The second-order valence-electron chi connectivity index (χ2n) is 9.29. The standard InChI is InChI=1S/C26H52N4O3/c1-2-3-4-5-6-7-8-9-10-11-12-13-14-15-16-17-18-21-24(31)33-25(32)23(27)20-19-22-30-26(28)29/h23H,2-22,27H2,1H3,(H4,28,29,30)/t23-/m0/s1. The summed E-state index contributed by atoms with van der Waals surface area (Å²) in [7, 11) is 0. The van der Waals surface area contributed by atoms with Crippen LogP contribution in [0.2, 0.25) is 0 Å². The molecule has 0 bridgehead atoms. The molecule has 0 spiro atoms. The summed E-state index contributed by atoms with van der Waals surface area (Å²) in [4.78, 5) is 23.6. The summed E-state index contributed by atoms with van der Waals surface area (Å²) in [5.74, 6) is -1.27. The van der Waals surface area contributed by atoms with E-state index < -0.39 is 18.0 Å². The minimum Gasteiger partial charge on any atom is -0.392 e. The van der Waals surface area contributed by atoms with Crippen LogP contribution in [0.5, 0.6) is 0 Å². The summed E-state index contributed by atoms with van der Waals surface area (Å²) >= 11 is 0. The monoisotopic (exact) mass is 468 g/mol. The third-order valence-electron chi connectivity index (χ3n) is 6.01. The van der Waals surface area contributed by atoms with Gasteiger partial charge in [-0.15, -0.1) is 0 Å². The van der Waals surface area contributed by atoms with Crippen LogP contribution in [0.3, 0.4) is 0 Å². The van der Waals surface area contributed by atoms with Gasteiger partial charge in [-0.1, -0.05) is 110 Å². The van der Waals surface area contributed by atoms with Gasteiger partial charge < -0.3 is 21.5 Å². The van der Waals surface area contributed by atoms with Crippen molar-refractivity contribution in [3.63, 3.8) is 0 Å². The Kier molecular flexibility index (Phi) is 22.4. The van der Waals surface area contributed by atoms with E-state index in [9.17, 15) is 9.59 Å². The SMILES string of the molecule is CCCCCCCCCCCCCCCCCCCC(=O)OC(=O)[C@@H](N)CCCNC(=N)N. The number of hydrogen-bond acceptors (Lipinski definition) is 5. The van der Waals surface area contributed by atoms with E-state index >= 15 is 0 Å². The number of unbranched alkanes of at least 4 members (excludes halogenated alkanes) is 16. The van der Waals surface area contributed by atoms with Gasteiger partial charge >= 0.3 is 11.9 Å². The maximum absolute atomic E-state index is 11.8. The first kappa shape index (κ1) is 31.4.